The molecule has 2 aromatic carbocycles. The zero-order chi connectivity index (χ0) is 25.4. The van der Waals surface area contributed by atoms with Crippen molar-refractivity contribution in [3.8, 4) is 0 Å². The molecule has 0 saturated heterocycles. The van der Waals surface area contributed by atoms with E-state index in [-0.39, 0.29) is 29.9 Å². The van der Waals surface area contributed by atoms with Crippen LogP contribution in [0.1, 0.15) is 76.8 Å². The maximum Gasteiger partial charge on any atom is 0.414 e. The maximum absolute atomic E-state index is 13.5. The summed E-state index contributed by atoms with van der Waals surface area (Å²) in [5.41, 5.74) is 2.21. The molecule has 35 heavy (non-hydrogen) atoms. The van der Waals surface area contributed by atoms with E-state index in [2.05, 4.69) is 0 Å². The van der Waals surface area contributed by atoms with Gasteiger partial charge in [-0.15, -0.1) is 0 Å². The lowest BCUT2D eigenvalue weighted by atomic mass is 9.88. The first-order valence-electron chi connectivity index (χ1n) is 12.7. The van der Waals surface area contributed by atoms with Crippen LogP contribution in [0.2, 0.25) is 5.02 Å². The average molecular weight is 500 g/mol. The van der Waals surface area contributed by atoms with Gasteiger partial charge in [-0.25, -0.2) is 4.79 Å². The highest BCUT2D eigenvalue weighted by molar-refractivity contribution is 6.30. The third-order valence-electron chi connectivity index (χ3n) is 6.18. The topological polar surface area (TPSA) is 55.8 Å². The molecule has 0 aliphatic heterocycles. The van der Waals surface area contributed by atoms with Crippen molar-refractivity contribution in [2.24, 2.45) is 11.8 Å². The number of ether oxygens (including phenoxy) is 2. The van der Waals surface area contributed by atoms with Crippen LogP contribution in [0, 0.1) is 11.8 Å². The largest absolute Gasteiger partial charge is 0.465 e. The number of hydrogen-bond donors (Lipinski definition) is 0. The van der Waals surface area contributed by atoms with E-state index in [0.29, 0.717) is 23.9 Å². The highest BCUT2D eigenvalue weighted by atomic mass is 35.5. The van der Waals surface area contributed by atoms with Gasteiger partial charge in [-0.05, 0) is 54.0 Å². The van der Waals surface area contributed by atoms with Gasteiger partial charge < -0.3 is 9.47 Å². The molecule has 1 aliphatic carbocycles. The lowest BCUT2D eigenvalue weighted by Gasteiger charge is -2.36. The zero-order valence-corrected chi connectivity index (χ0v) is 22.1. The molecule has 6 heteroatoms. The number of esters is 1. The van der Waals surface area contributed by atoms with E-state index < -0.39 is 5.92 Å². The molecule has 1 fully saturated rings. The van der Waals surface area contributed by atoms with Crippen LogP contribution in [0.4, 0.5) is 10.5 Å². The Labute approximate surface area is 214 Å². The van der Waals surface area contributed by atoms with Crippen LogP contribution in [0.5, 0.6) is 0 Å². The van der Waals surface area contributed by atoms with Crippen LogP contribution in [-0.2, 0) is 14.3 Å². The van der Waals surface area contributed by atoms with Gasteiger partial charge in [-0.3, -0.25) is 9.69 Å². The van der Waals surface area contributed by atoms with Crippen molar-refractivity contribution in [3.63, 3.8) is 0 Å². The molecule has 1 atom stereocenters. The van der Waals surface area contributed by atoms with Crippen molar-refractivity contribution in [2.45, 2.75) is 71.8 Å². The molecule has 1 amide bonds. The van der Waals surface area contributed by atoms with Crippen molar-refractivity contribution in [1.29, 1.82) is 0 Å². The number of hydrogen-bond acceptors (Lipinski definition) is 4. The molecule has 5 nitrogen and oxygen atoms in total. The average Bonchev–Trinajstić information content (AvgIpc) is 2.84. The maximum atomic E-state index is 13.5. The Bertz CT molecular complexity index is 967. The number of amides is 1. The van der Waals surface area contributed by atoms with Gasteiger partial charge in [0.2, 0.25) is 0 Å². The molecular formula is C29H38ClNO4. The standard InChI is InChI=1S/C29H38ClNO4/c1-20(2)18-34-28(32)27(22-14-16-23(30)17-15-22)25-12-8-9-13-26(25)31(24-10-6-5-7-11-24)29(33)35-19-21(3)4/h8-9,12-17,20-21,24,27H,5-7,10-11,18-19H2,1-4H3. The van der Waals surface area contributed by atoms with Crippen LogP contribution in [0.15, 0.2) is 48.5 Å². The van der Waals surface area contributed by atoms with E-state index in [4.69, 9.17) is 21.1 Å². The number of carbonyl (C=O) groups excluding carboxylic acids is 2. The molecule has 3 rings (SSSR count). The minimum atomic E-state index is -0.689. The summed E-state index contributed by atoms with van der Waals surface area (Å²) in [6.45, 7) is 8.73. The first-order valence-corrected chi connectivity index (χ1v) is 13.1. The van der Waals surface area contributed by atoms with E-state index in [1.165, 1.54) is 6.42 Å². The molecule has 2 aromatic rings. The summed E-state index contributed by atoms with van der Waals surface area (Å²) in [5, 5.41) is 0.595. The molecule has 190 valence electrons. The lowest BCUT2D eigenvalue weighted by Crippen LogP contribution is -2.43. The van der Waals surface area contributed by atoms with Gasteiger partial charge in [0, 0.05) is 11.1 Å². The molecule has 1 unspecified atom stereocenters. The van der Waals surface area contributed by atoms with Gasteiger partial charge in [0.25, 0.3) is 0 Å². The van der Waals surface area contributed by atoms with E-state index in [0.717, 1.165) is 36.8 Å². The third kappa shape index (κ3) is 7.47. The monoisotopic (exact) mass is 499 g/mol. The van der Waals surface area contributed by atoms with Crippen LogP contribution in [-0.4, -0.2) is 31.3 Å². The molecule has 1 aliphatic rings. The molecule has 0 aromatic heterocycles. The van der Waals surface area contributed by atoms with Gasteiger partial charge in [-0.2, -0.15) is 0 Å². The number of benzene rings is 2. The second-order valence-electron chi connectivity index (χ2n) is 10.2. The van der Waals surface area contributed by atoms with Gasteiger partial charge >= 0.3 is 12.1 Å². The summed E-state index contributed by atoms with van der Waals surface area (Å²) in [5.74, 6) is -0.584. The molecule has 0 bridgehead atoms. The van der Waals surface area contributed by atoms with E-state index in [1.807, 2.05) is 64.1 Å². The van der Waals surface area contributed by atoms with Crippen molar-refractivity contribution in [1.82, 2.24) is 0 Å². The summed E-state index contributed by atoms with van der Waals surface area (Å²) < 4.78 is 11.4. The normalized spacial score (nSPS) is 15.2. The summed E-state index contributed by atoms with van der Waals surface area (Å²) in [6, 6.07) is 14.9. The molecule has 0 heterocycles. The number of carbonyl (C=O) groups is 2. The Hall–Kier alpha value is -2.53. The second kappa shape index (κ2) is 13.0. The smallest absolute Gasteiger partial charge is 0.414 e. The van der Waals surface area contributed by atoms with Crippen molar-refractivity contribution >= 4 is 29.4 Å². The second-order valence-corrected chi connectivity index (χ2v) is 10.6. The van der Waals surface area contributed by atoms with E-state index in [1.54, 1.807) is 17.0 Å². The third-order valence-corrected chi connectivity index (χ3v) is 6.43. The highest BCUT2D eigenvalue weighted by Gasteiger charge is 2.34. The Balaban J connectivity index is 2.08. The predicted octanol–water partition coefficient (Wildman–Crippen LogP) is 7.60. The summed E-state index contributed by atoms with van der Waals surface area (Å²) in [6.07, 6.45) is 4.77. The minimum Gasteiger partial charge on any atom is -0.465 e. The number of para-hydroxylation sites is 1. The van der Waals surface area contributed by atoms with Crippen LogP contribution >= 0.6 is 11.6 Å². The fraction of sp³-hybridized carbons (Fsp3) is 0.517. The zero-order valence-electron chi connectivity index (χ0n) is 21.3. The highest BCUT2D eigenvalue weighted by Crippen LogP contribution is 2.37. The summed E-state index contributed by atoms with van der Waals surface area (Å²) >= 11 is 6.14. The van der Waals surface area contributed by atoms with Gasteiger partial charge in [-0.1, -0.05) is 88.9 Å². The van der Waals surface area contributed by atoms with Crippen LogP contribution < -0.4 is 4.90 Å². The quantitative estimate of drug-likeness (QED) is 0.333. The molecule has 0 N–H and O–H groups in total. The van der Waals surface area contributed by atoms with Crippen LogP contribution in [0.3, 0.4) is 0 Å². The van der Waals surface area contributed by atoms with Crippen molar-refractivity contribution in [3.05, 3.63) is 64.7 Å². The van der Waals surface area contributed by atoms with E-state index in [9.17, 15) is 9.59 Å². The number of anilines is 1. The molecule has 1 saturated carbocycles. The van der Waals surface area contributed by atoms with Gasteiger partial charge in [0.15, 0.2) is 0 Å². The Morgan fingerprint density at radius 3 is 2.11 bits per heavy atom. The lowest BCUT2D eigenvalue weighted by molar-refractivity contribution is -0.145. The number of halogens is 1. The van der Waals surface area contributed by atoms with E-state index >= 15 is 0 Å². The fourth-order valence-electron chi connectivity index (χ4n) is 4.47. The summed E-state index contributed by atoms with van der Waals surface area (Å²) in [7, 11) is 0. The first kappa shape index (κ1) is 27.1. The minimum absolute atomic E-state index is 0.0297. The number of nitrogens with zero attached hydrogens (tertiary/aromatic N) is 1. The predicted molar refractivity (Wildman–Crippen MR) is 141 cm³/mol. The van der Waals surface area contributed by atoms with Crippen LogP contribution in [0.25, 0.3) is 0 Å². The fourth-order valence-corrected chi connectivity index (χ4v) is 4.60. The molecule has 0 spiro atoms. The molecule has 0 radical (unpaired) electrons. The molecular weight excluding hydrogens is 462 g/mol. The van der Waals surface area contributed by atoms with Crippen molar-refractivity contribution in [2.75, 3.05) is 18.1 Å². The van der Waals surface area contributed by atoms with Crippen molar-refractivity contribution < 1.29 is 19.1 Å². The Morgan fingerprint density at radius 2 is 1.49 bits per heavy atom. The number of rotatable bonds is 9. The SMILES string of the molecule is CC(C)COC(=O)C(c1ccc(Cl)cc1)c1ccccc1N(C(=O)OCC(C)C)C1CCCCC1. The Kier molecular flexibility index (Phi) is 10.0. The van der Waals surface area contributed by atoms with Gasteiger partial charge in [0.05, 0.1) is 18.9 Å². The Morgan fingerprint density at radius 1 is 0.886 bits per heavy atom. The van der Waals surface area contributed by atoms with Gasteiger partial charge in [0.1, 0.15) is 5.92 Å². The summed E-state index contributed by atoms with van der Waals surface area (Å²) in [4.78, 5) is 28.7. The first-order chi connectivity index (χ1) is 16.8.